The standard InChI is InChI=1S/C17H28/c1-4-5-6-9-15-14(3)11-12-16-13(2)8-7-10-17(15)16/h4,13,15-17H,1,3,5-12H2,2H3/t13-,15?,16?,17?/m0/s1. The summed E-state index contributed by atoms with van der Waals surface area (Å²) in [5.41, 5.74) is 1.56. The molecular formula is C17H28. The van der Waals surface area contributed by atoms with Gasteiger partial charge in [0.2, 0.25) is 0 Å². The van der Waals surface area contributed by atoms with Gasteiger partial charge in [-0.3, -0.25) is 0 Å². The van der Waals surface area contributed by atoms with Crippen LogP contribution in [0.2, 0.25) is 0 Å². The molecule has 0 aromatic rings. The van der Waals surface area contributed by atoms with Crippen LogP contribution in [0.15, 0.2) is 24.8 Å². The third-order valence-electron chi connectivity index (χ3n) is 5.24. The largest absolute Gasteiger partial charge is 0.103 e. The van der Waals surface area contributed by atoms with Crippen molar-refractivity contribution in [3.05, 3.63) is 24.8 Å². The molecule has 0 aromatic heterocycles. The van der Waals surface area contributed by atoms with Crippen molar-refractivity contribution in [3.8, 4) is 0 Å². The zero-order valence-electron chi connectivity index (χ0n) is 11.5. The molecule has 0 heterocycles. The highest BCUT2D eigenvalue weighted by Gasteiger charge is 2.39. The van der Waals surface area contributed by atoms with E-state index in [0.29, 0.717) is 0 Å². The summed E-state index contributed by atoms with van der Waals surface area (Å²) in [4.78, 5) is 0. The molecular weight excluding hydrogens is 204 g/mol. The number of rotatable bonds is 4. The summed E-state index contributed by atoms with van der Waals surface area (Å²) in [6, 6.07) is 0. The molecule has 2 rings (SSSR count). The molecule has 0 aromatic carbocycles. The van der Waals surface area contributed by atoms with E-state index in [1.807, 2.05) is 0 Å². The average Bonchev–Trinajstić information content (AvgIpc) is 2.32. The Hall–Kier alpha value is -0.520. The van der Waals surface area contributed by atoms with Crippen LogP contribution in [0.1, 0.15) is 58.3 Å². The zero-order chi connectivity index (χ0) is 12.3. The first-order valence-corrected chi connectivity index (χ1v) is 7.52. The first-order chi connectivity index (χ1) is 8.24. The lowest BCUT2D eigenvalue weighted by Gasteiger charge is -2.46. The number of hydrogen-bond donors (Lipinski definition) is 0. The van der Waals surface area contributed by atoms with E-state index in [1.165, 1.54) is 51.4 Å². The van der Waals surface area contributed by atoms with E-state index >= 15 is 0 Å². The highest BCUT2D eigenvalue weighted by molar-refractivity contribution is 5.09. The third-order valence-corrected chi connectivity index (χ3v) is 5.24. The minimum Gasteiger partial charge on any atom is -0.103 e. The summed E-state index contributed by atoms with van der Waals surface area (Å²) < 4.78 is 0. The second kappa shape index (κ2) is 5.89. The molecule has 0 heteroatoms. The lowest BCUT2D eigenvalue weighted by atomic mass is 9.59. The van der Waals surface area contributed by atoms with Crippen LogP contribution in [0.4, 0.5) is 0 Å². The van der Waals surface area contributed by atoms with Crippen molar-refractivity contribution in [2.24, 2.45) is 23.7 Å². The Labute approximate surface area is 107 Å². The van der Waals surface area contributed by atoms with Gasteiger partial charge in [0.25, 0.3) is 0 Å². The quantitative estimate of drug-likeness (QED) is 0.452. The summed E-state index contributed by atoms with van der Waals surface area (Å²) in [6.07, 6.45) is 13.0. The minimum atomic E-state index is 0.830. The molecule has 0 N–H and O–H groups in total. The fourth-order valence-corrected chi connectivity index (χ4v) is 4.26. The van der Waals surface area contributed by atoms with Gasteiger partial charge in [-0.2, -0.15) is 0 Å². The second-order valence-corrected chi connectivity index (χ2v) is 6.26. The van der Waals surface area contributed by atoms with Crippen LogP contribution in [0.5, 0.6) is 0 Å². The predicted molar refractivity (Wildman–Crippen MR) is 75.9 cm³/mol. The lowest BCUT2D eigenvalue weighted by molar-refractivity contribution is 0.0873. The van der Waals surface area contributed by atoms with E-state index in [1.54, 1.807) is 5.57 Å². The van der Waals surface area contributed by atoms with Crippen LogP contribution in [0.25, 0.3) is 0 Å². The fourth-order valence-electron chi connectivity index (χ4n) is 4.26. The van der Waals surface area contributed by atoms with Gasteiger partial charge in [0.1, 0.15) is 0 Å². The lowest BCUT2D eigenvalue weighted by Crippen LogP contribution is -2.36. The van der Waals surface area contributed by atoms with Gasteiger partial charge in [-0.1, -0.05) is 38.0 Å². The number of fused-ring (bicyclic) bond motifs is 1. The molecule has 0 radical (unpaired) electrons. The first-order valence-electron chi connectivity index (χ1n) is 7.52. The van der Waals surface area contributed by atoms with E-state index in [0.717, 1.165) is 23.7 Å². The highest BCUT2D eigenvalue weighted by Crippen LogP contribution is 2.49. The molecule has 96 valence electrons. The molecule has 0 aliphatic heterocycles. The molecule has 2 fully saturated rings. The topological polar surface area (TPSA) is 0 Å². The van der Waals surface area contributed by atoms with Crippen LogP contribution in [0.3, 0.4) is 0 Å². The van der Waals surface area contributed by atoms with Gasteiger partial charge in [-0.25, -0.2) is 0 Å². The van der Waals surface area contributed by atoms with Crippen molar-refractivity contribution < 1.29 is 0 Å². The maximum absolute atomic E-state index is 4.36. The molecule has 0 nitrogen and oxygen atoms in total. The first kappa shape index (κ1) is 12.9. The molecule has 0 spiro atoms. The normalized spacial score (nSPS) is 37.6. The van der Waals surface area contributed by atoms with Crippen molar-refractivity contribution in [2.45, 2.75) is 58.3 Å². The second-order valence-electron chi connectivity index (χ2n) is 6.26. The molecule has 17 heavy (non-hydrogen) atoms. The Kier molecular flexibility index (Phi) is 4.48. The van der Waals surface area contributed by atoms with Crippen molar-refractivity contribution in [3.63, 3.8) is 0 Å². The Morgan fingerprint density at radius 3 is 2.82 bits per heavy atom. The molecule has 0 amide bonds. The van der Waals surface area contributed by atoms with Crippen LogP contribution in [0, 0.1) is 23.7 Å². The predicted octanol–water partition coefficient (Wildman–Crippen LogP) is 5.36. The Morgan fingerprint density at radius 2 is 2.06 bits per heavy atom. The Morgan fingerprint density at radius 1 is 1.24 bits per heavy atom. The smallest absolute Gasteiger partial charge is 0.0175 e. The van der Waals surface area contributed by atoms with Gasteiger partial charge in [0, 0.05) is 0 Å². The molecule has 3 unspecified atom stereocenters. The van der Waals surface area contributed by atoms with Crippen molar-refractivity contribution >= 4 is 0 Å². The monoisotopic (exact) mass is 232 g/mol. The number of unbranched alkanes of at least 4 members (excludes halogenated alkanes) is 1. The fraction of sp³-hybridized carbons (Fsp3) is 0.765. The third kappa shape index (κ3) is 2.84. The van der Waals surface area contributed by atoms with Gasteiger partial charge >= 0.3 is 0 Å². The van der Waals surface area contributed by atoms with Crippen molar-refractivity contribution in [2.75, 3.05) is 0 Å². The zero-order valence-corrected chi connectivity index (χ0v) is 11.5. The van der Waals surface area contributed by atoms with Gasteiger partial charge in [-0.15, -0.1) is 6.58 Å². The van der Waals surface area contributed by atoms with E-state index in [9.17, 15) is 0 Å². The van der Waals surface area contributed by atoms with E-state index in [4.69, 9.17) is 0 Å². The summed E-state index contributed by atoms with van der Waals surface area (Å²) in [5, 5.41) is 0. The van der Waals surface area contributed by atoms with Crippen molar-refractivity contribution in [1.82, 2.24) is 0 Å². The van der Waals surface area contributed by atoms with E-state index in [2.05, 4.69) is 26.2 Å². The van der Waals surface area contributed by atoms with Gasteiger partial charge < -0.3 is 0 Å². The number of hydrogen-bond acceptors (Lipinski definition) is 0. The SMILES string of the molecule is C=CCCCC1C(=C)CCC2C1CCC[C@@H]2C. The van der Waals surface area contributed by atoms with Gasteiger partial charge in [0.05, 0.1) is 0 Å². The molecule has 4 atom stereocenters. The minimum absolute atomic E-state index is 0.830. The molecule has 0 bridgehead atoms. The molecule has 2 aliphatic carbocycles. The Bertz CT molecular complexity index is 276. The maximum atomic E-state index is 4.36. The van der Waals surface area contributed by atoms with Gasteiger partial charge in [0.15, 0.2) is 0 Å². The summed E-state index contributed by atoms with van der Waals surface area (Å²) in [6.45, 7) is 10.7. The van der Waals surface area contributed by atoms with E-state index < -0.39 is 0 Å². The average molecular weight is 232 g/mol. The molecule has 2 saturated carbocycles. The summed E-state index contributed by atoms with van der Waals surface area (Å²) in [5.74, 6) is 3.76. The Balaban J connectivity index is 2.00. The van der Waals surface area contributed by atoms with Crippen LogP contribution in [-0.4, -0.2) is 0 Å². The number of allylic oxidation sites excluding steroid dienone is 2. The molecule has 2 aliphatic rings. The van der Waals surface area contributed by atoms with Crippen LogP contribution in [-0.2, 0) is 0 Å². The van der Waals surface area contributed by atoms with E-state index in [-0.39, 0.29) is 0 Å². The van der Waals surface area contributed by atoms with Crippen molar-refractivity contribution in [1.29, 1.82) is 0 Å². The van der Waals surface area contributed by atoms with Crippen LogP contribution < -0.4 is 0 Å². The highest BCUT2D eigenvalue weighted by atomic mass is 14.4. The van der Waals surface area contributed by atoms with Gasteiger partial charge in [-0.05, 0) is 62.2 Å². The van der Waals surface area contributed by atoms with Crippen LogP contribution >= 0.6 is 0 Å². The summed E-state index contributed by atoms with van der Waals surface area (Å²) >= 11 is 0. The molecule has 0 saturated heterocycles. The maximum Gasteiger partial charge on any atom is -0.0175 e. The summed E-state index contributed by atoms with van der Waals surface area (Å²) in [7, 11) is 0.